The number of carbonyl (C=O) groups is 1. The van der Waals surface area contributed by atoms with Crippen LogP contribution < -0.4 is 5.32 Å². The summed E-state index contributed by atoms with van der Waals surface area (Å²) < 4.78 is 5.67. The maximum atomic E-state index is 12.1. The van der Waals surface area contributed by atoms with E-state index < -0.39 is 0 Å². The van der Waals surface area contributed by atoms with Crippen LogP contribution >= 0.6 is 0 Å². The monoisotopic (exact) mass is 367 g/mol. The second-order valence-electron chi connectivity index (χ2n) is 6.69. The van der Waals surface area contributed by atoms with Gasteiger partial charge >= 0.3 is 52.6 Å². The fourth-order valence-corrected chi connectivity index (χ4v) is 3.11. The normalized spacial score (nSPS) is 19.8. The van der Waals surface area contributed by atoms with Crippen molar-refractivity contribution in [2.45, 2.75) is 57.7 Å². The average molecular weight is 366 g/mol. The van der Waals surface area contributed by atoms with Crippen LogP contribution in [0.4, 0.5) is 0 Å². The zero-order valence-electron chi connectivity index (χ0n) is 12.7. The molecule has 0 spiro atoms. The molecule has 0 saturated carbocycles. The number of ether oxygens (including phenoxy) is 1. The van der Waals surface area contributed by atoms with Crippen LogP contribution in [0.2, 0.25) is 0 Å². The standard InChI is InChI=1S/C16H23NO2.Na.H2Se.H/c1-15(2)10-13(11-16(3,4)17-15)19-14(18)12-8-6-5-7-9-12;;;/h5-9,13,17H,10-11H2,1-4H3;;1H2;. The van der Waals surface area contributed by atoms with Crippen molar-refractivity contribution in [2.24, 2.45) is 0 Å². The minimum atomic E-state index is -0.223. The van der Waals surface area contributed by atoms with Crippen molar-refractivity contribution in [3.63, 3.8) is 0 Å². The number of carbonyl (C=O) groups excluding carboxylic acids is 1. The van der Waals surface area contributed by atoms with Gasteiger partial charge in [-0.1, -0.05) is 18.2 Å². The van der Waals surface area contributed by atoms with Crippen LogP contribution in [0.25, 0.3) is 0 Å². The number of rotatable bonds is 2. The quantitative estimate of drug-likeness (QED) is 0.638. The Bertz CT molecular complexity index is 447. The van der Waals surface area contributed by atoms with E-state index in [2.05, 4.69) is 33.0 Å². The Labute approximate surface area is 160 Å². The van der Waals surface area contributed by atoms with Crippen molar-refractivity contribution in [3.05, 3.63) is 35.9 Å². The van der Waals surface area contributed by atoms with Crippen molar-refractivity contribution < 1.29 is 9.53 Å². The molecule has 1 aliphatic rings. The molecule has 2 rings (SSSR count). The molecule has 21 heavy (non-hydrogen) atoms. The van der Waals surface area contributed by atoms with E-state index in [4.69, 9.17) is 4.74 Å². The zero-order valence-corrected chi connectivity index (χ0v) is 14.8. The molecule has 1 saturated heterocycles. The second-order valence-corrected chi connectivity index (χ2v) is 6.69. The first-order valence-corrected chi connectivity index (χ1v) is 6.83. The Morgan fingerprint density at radius 2 is 1.57 bits per heavy atom. The van der Waals surface area contributed by atoms with Gasteiger partial charge in [0.15, 0.2) is 0 Å². The molecule has 0 unspecified atom stereocenters. The molecule has 0 amide bonds. The number of hydrogen-bond acceptors (Lipinski definition) is 3. The molecule has 0 aromatic heterocycles. The number of nitrogens with one attached hydrogen (secondary N) is 1. The predicted molar refractivity (Wildman–Crippen MR) is 91.9 cm³/mol. The topological polar surface area (TPSA) is 38.3 Å². The first-order valence-electron chi connectivity index (χ1n) is 6.83. The van der Waals surface area contributed by atoms with Crippen LogP contribution in [0.5, 0.6) is 0 Å². The van der Waals surface area contributed by atoms with Crippen molar-refractivity contribution in [2.75, 3.05) is 0 Å². The van der Waals surface area contributed by atoms with Gasteiger partial charge in [-0.15, -0.1) is 0 Å². The van der Waals surface area contributed by atoms with Crippen molar-refractivity contribution in [1.29, 1.82) is 0 Å². The third kappa shape index (κ3) is 6.43. The van der Waals surface area contributed by atoms with Gasteiger partial charge in [-0.2, -0.15) is 0 Å². The van der Waals surface area contributed by atoms with Crippen molar-refractivity contribution >= 4 is 52.6 Å². The van der Waals surface area contributed by atoms with Gasteiger partial charge in [0, 0.05) is 23.9 Å². The van der Waals surface area contributed by atoms with E-state index in [1.807, 2.05) is 18.2 Å². The second kappa shape index (κ2) is 8.14. The molecule has 5 heteroatoms. The van der Waals surface area contributed by atoms with Crippen LogP contribution in [0.1, 0.15) is 50.9 Å². The predicted octanol–water partition coefficient (Wildman–Crippen LogP) is 1.59. The third-order valence-corrected chi connectivity index (χ3v) is 3.44. The van der Waals surface area contributed by atoms with E-state index in [1.165, 1.54) is 0 Å². The van der Waals surface area contributed by atoms with E-state index >= 15 is 0 Å². The summed E-state index contributed by atoms with van der Waals surface area (Å²) in [6.45, 7) is 8.60. The molecule has 1 heterocycles. The van der Waals surface area contributed by atoms with E-state index in [0.29, 0.717) is 5.56 Å². The Kier molecular flexibility index (Phi) is 8.21. The molecule has 1 N–H and O–H groups in total. The molecule has 1 aromatic carbocycles. The average Bonchev–Trinajstić information content (AvgIpc) is 2.25. The summed E-state index contributed by atoms with van der Waals surface area (Å²) in [6.07, 6.45) is 1.66. The summed E-state index contributed by atoms with van der Waals surface area (Å²) in [5, 5.41) is 3.58. The van der Waals surface area contributed by atoms with Gasteiger partial charge in [-0.25, -0.2) is 4.79 Å². The summed E-state index contributed by atoms with van der Waals surface area (Å²) in [6, 6.07) is 9.19. The molecule has 1 fully saturated rings. The van der Waals surface area contributed by atoms with Crippen LogP contribution in [0.3, 0.4) is 0 Å². The van der Waals surface area contributed by atoms with Crippen LogP contribution in [-0.2, 0) is 4.74 Å². The first-order chi connectivity index (χ1) is 8.77. The molecular weight excluding hydrogens is 340 g/mol. The van der Waals surface area contributed by atoms with Gasteiger partial charge in [-0.3, -0.25) is 0 Å². The van der Waals surface area contributed by atoms with Crippen LogP contribution in [0.15, 0.2) is 30.3 Å². The minimum absolute atomic E-state index is 0. The van der Waals surface area contributed by atoms with E-state index in [-0.39, 0.29) is 69.8 Å². The van der Waals surface area contributed by atoms with Gasteiger partial charge in [0.25, 0.3) is 0 Å². The molecule has 0 aliphatic carbocycles. The maximum absolute atomic E-state index is 12.1. The molecule has 3 nitrogen and oxygen atoms in total. The molecule has 0 radical (unpaired) electrons. The van der Waals surface area contributed by atoms with Crippen molar-refractivity contribution in [1.82, 2.24) is 5.32 Å². The number of benzene rings is 1. The van der Waals surface area contributed by atoms with Gasteiger partial charge in [0.2, 0.25) is 0 Å². The van der Waals surface area contributed by atoms with Gasteiger partial charge in [0.1, 0.15) is 6.10 Å². The van der Waals surface area contributed by atoms with Gasteiger partial charge < -0.3 is 10.1 Å². The number of esters is 1. The fraction of sp³-hybridized carbons (Fsp3) is 0.562. The summed E-state index contributed by atoms with van der Waals surface area (Å²) >= 11 is 0. The Balaban J connectivity index is 0.00000200. The van der Waals surface area contributed by atoms with E-state index in [1.54, 1.807) is 12.1 Å². The SMILES string of the molecule is CC1(C)CC(OC(=O)c2ccccc2)CC(C)(C)N1.[NaH].[SeH2]. The summed E-state index contributed by atoms with van der Waals surface area (Å²) in [7, 11) is 0. The summed E-state index contributed by atoms with van der Waals surface area (Å²) in [4.78, 5) is 12.1. The molecule has 1 aliphatic heterocycles. The fourth-order valence-electron chi connectivity index (χ4n) is 3.11. The number of piperidine rings is 1. The molecule has 0 bridgehead atoms. The molecule has 1 aromatic rings. The summed E-state index contributed by atoms with van der Waals surface area (Å²) in [5.41, 5.74) is 0.601. The summed E-state index contributed by atoms with van der Waals surface area (Å²) in [5.74, 6) is -0.223. The van der Waals surface area contributed by atoms with E-state index in [9.17, 15) is 4.79 Å². The van der Waals surface area contributed by atoms with Gasteiger partial charge in [0.05, 0.1) is 5.56 Å². The molecule has 0 atom stereocenters. The molecule has 114 valence electrons. The third-order valence-electron chi connectivity index (χ3n) is 3.44. The Morgan fingerprint density at radius 1 is 1.10 bits per heavy atom. The Morgan fingerprint density at radius 3 is 2.05 bits per heavy atom. The Hall–Kier alpha value is 0.169. The van der Waals surface area contributed by atoms with Crippen LogP contribution in [0, 0.1) is 0 Å². The van der Waals surface area contributed by atoms with E-state index in [0.717, 1.165) is 12.8 Å². The molecular formula is C16H26NNaO2Se. The number of hydrogen-bond donors (Lipinski definition) is 1. The van der Waals surface area contributed by atoms with Crippen molar-refractivity contribution in [3.8, 4) is 0 Å². The zero-order chi connectivity index (χ0) is 14.1. The first kappa shape index (κ1) is 21.2. The van der Waals surface area contributed by atoms with Gasteiger partial charge in [-0.05, 0) is 39.8 Å². The van der Waals surface area contributed by atoms with Crippen LogP contribution in [-0.4, -0.2) is 69.8 Å².